The van der Waals surface area contributed by atoms with Crippen molar-refractivity contribution in [2.24, 2.45) is 4.99 Å². The average Bonchev–Trinajstić information content (AvgIpc) is 3.05. The summed E-state index contributed by atoms with van der Waals surface area (Å²) >= 11 is 0. The molecule has 2 aliphatic heterocycles. The lowest BCUT2D eigenvalue weighted by Gasteiger charge is -2.25. The first-order chi connectivity index (χ1) is 12.7. The molecule has 0 bridgehead atoms. The van der Waals surface area contributed by atoms with E-state index in [1.165, 1.54) is 10.5 Å². The summed E-state index contributed by atoms with van der Waals surface area (Å²) in [6.07, 6.45) is 2.47. The van der Waals surface area contributed by atoms with Crippen molar-refractivity contribution in [1.82, 2.24) is 15.5 Å². The van der Waals surface area contributed by atoms with Crippen LogP contribution in [0.4, 0.5) is 0 Å². The maximum atomic E-state index is 11.8. The first kappa shape index (κ1) is 21.5. The number of nitrogens with zero attached hydrogens (tertiary/aromatic N) is 2. The minimum absolute atomic E-state index is 0. The molecule has 0 aromatic heterocycles. The Balaban J connectivity index is 0.00000261. The fourth-order valence-corrected chi connectivity index (χ4v) is 3.23. The Bertz CT molecular complexity index is 654. The number of rotatable bonds is 6. The fraction of sp³-hybridized carbons (Fsp3) is 0.526. The number of nitrogens with one attached hydrogen (secondary N) is 2. The number of carbonyl (C=O) groups excluding carboxylic acids is 2. The van der Waals surface area contributed by atoms with Crippen LogP contribution in [0.25, 0.3) is 0 Å². The molecule has 1 aromatic rings. The number of ether oxygens (including phenoxy) is 1. The average molecular weight is 486 g/mol. The van der Waals surface area contributed by atoms with Crippen molar-refractivity contribution in [2.75, 3.05) is 26.2 Å². The number of carbonyl (C=O) groups is 2. The predicted molar refractivity (Wildman–Crippen MR) is 115 cm³/mol. The van der Waals surface area contributed by atoms with Crippen LogP contribution in [0.2, 0.25) is 0 Å². The highest BCUT2D eigenvalue weighted by atomic mass is 127. The standard InChI is InChI=1S/C19H26N4O3.HI/c1-2-20-19(21-10-11-23-17(24)8-5-9-18(23)25)22-13-15-12-14-6-3-4-7-16(14)26-15;/h3-4,6-7,15H,2,5,8-13H2,1H3,(H2,20,21,22);1H. The SMILES string of the molecule is CCNC(=NCC1Cc2ccccc2O1)NCCN1C(=O)CCCC1=O.I. The molecule has 27 heavy (non-hydrogen) atoms. The van der Waals surface area contributed by atoms with Crippen LogP contribution in [0, 0.1) is 0 Å². The van der Waals surface area contributed by atoms with Crippen LogP contribution in [0.15, 0.2) is 29.3 Å². The number of benzene rings is 1. The number of imide groups is 1. The number of hydrogen-bond acceptors (Lipinski definition) is 4. The zero-order chi connectivity index (χ0) is 18.4. The Hall–Kier alpha value is -1.84. The Labute approximate surface area is 176 Å². The first-order valence-electron chi connectivity index (χ1n) is 9.27. The summed E-state index contributed by atoms with van der Waals surface area (Å²) in [7, 11) is 0. The van der Waals surface area contributed by atoms with Crippen LogP contribution >= 0.6 is 24.0 Å². The van der Waals surface area contributed by atoms with E-state index in [4.69, 9.17) is 4.74 Å². The van der Waals surface area contributed by atoms with Crippen LogP contribution < -0.4 is 15.4 Å². The van der Waals surface area contributed by atoms with Gasteiger partial charge in [0.2, 0.25) is 11.8 Å². The molecule has 1 aromatic carbocycles. The molecule has 0 saturated carbocycles. The largest absolute Gasteiger partial charge is 0.488 e. The summed E-state index contributed by atoms with van der Waals surface area (Å²) in [6, 6.07) is 8.05. The van der Waals surface area contributed by atoms with Gasteiger partial charge in [-0.15, -0.1) is 24.0 Å². The molecule has 2 amide bonds. The molecule has 1 unspecified atom stereocenters. The number of amides is 2. The van der Waals surface area contributed by atoms with E-state index in [1.54, 1.807) is 0 Å². The van der Waals surface area contributed by atoms with Crippen molar-refractivity contribution in [3.8, 4) is 5.75 Å². The molecule has 2 N–H and O–H groups in total. The van der Waals surface area contributed by atoms with E-state index in [0.717, 1.165) is 18.7 Å². The van der Waals surface area contributed by atoms with Gasteiger partial charge in [-0.25, -0.2) is 4.99 Å². The maximum absolute atomic E-state index is 11.8. The van der Waals surface area contributed by atoms with Gasteiger partial charge in [0.25, 0.3) is 0 Å². The lowest BCUT2D eigenvalue weighted by atomic mass is 10.1. The molecule has 148 valence electrons. The second-order valence-corrected chi connectivity index (χ2v) is 6.49. The summed E-state index contributed by atoms with van der Waals surface area (Å²) in [5, 5.41) is 6.37. The first-order valence-corrected chi connectivity index (χ1v) is 9.27. The molecular formula is C19H27IN4O3. The van der Waals surface area contributed by atoms with Crippen molar-refractivity contribution in [3.63, 3.8) is 0 Å². The van der Waals surface area contributed by atoms with Crippen LogP contribution in [-0.2, 0) is 16.0 Å². The van der Waals surface area contributed by atoms with Gasteiger partial charge < -0.3 is 15.4 Å². The fourth-order valence-electron chi connectivity index (χ4n) is 3.23. The number of likely N-dealkylation sites (tertiary alicyclic amines) is 1. The highest BCUT2D eigenvalue weighted by Crippen LogP contribution is 2.28. The minimum Gasteiger partial charge on any atom is -0.488 e. The number of guanidine groups is 1. The van der Waals surface area contributed by atoms with Crippen molar-refractivity contribution >= 4 is 41.8 Å². The summed E-state index contributed by atoms with van der Waals surface area (Å²) in [6.45, 7) is 4.13. The van der Waals surface area contributed by atoms with Gasteiger partial charge in [-0.2, -0.15) is 0 Å². The molecular weight excluding hydrogens is 459 g/mol. The van der Waals surface area contributed by atoms with E-state index < -0.39 is 0 Å². The van der Waals surface area contributed by atoms with E-state index in [1.807, 2.05) is 25.1 Å². The zero-order valence-corrected chi connectivity index (χ0v) is 17.9. The van der Waals surface area contributed by atoms with Crippen LogP contribution in [0.3, 0.4) is 0 Å². The number of halogens is 1. The third-order valence-corrected chi connectivity index (χ3v) is 4.52. The van der Waals surface area contributed by atoms with Crippen molar-refractivity contribution < 1.29 is 14.3 Å². The van der Waals surface area contributed by atoms with Crippen molar-refractivity contribution in [1.29, 1.82) is 0 Å². The molecule has 1 fully saturated rings. The highest BCUT2D eigenvalue weighted by molar-refractivity contribution is 14.0. The van der Waals surface area contributed by atoms with Crippen LogP contribution in [-0.4, -0.2) is 55.0 Å². The number of para-hydroxylation sites is 1. The quantitative estimate of drug-likeness (QED) is 0.277. The van der Waals surface area contributed by atoms with E-state index in [9.17, 15) is 9.59 Å². The van der Waals surface area contributed by atoms with Gasteiger partial charge in [0.05, 0.1) is 6.54 Å². The third-order valence-electron chi connectivity index (χ3n) is 4.52. The normalized spacial score (nSPS) is 19.2. The molecule has 7 nitrogen and oxygen atoms in total. The molecule has 0 aliphatic carbocycles. The molecule has 0 radical (unpaired) electrons. The number of piperidine rings is 1. The molecule has 8 heteroatoms. The molecule has 1 saturated heterocycles. The number of aliphatic imine (C=N–C) groups is 1. The van der Waals surface area contributed by atoms with Gasteiger partial charge in [0.1, 0.15) is 11.9 Å². The van der Waals surface area contributed by atoms with Crippen LogP contribution in [0.1, 0.15) is 31.7 Å². The minimum atomic E-state index is -0.0814. The monoisotopic (exact) mass is 486 g/mol. The summed E-state index contributed by atoms with van der Waals surface area (Å²) < 4.78 is 5.90. The zero-order valence-electron chi connectivity index (χ0n) is 15.6. The van der Waals surface area contributed by atoms with Crippen molar-refractivity contribution in [2.45, 2.75) is 38.7 Å². The molecule has 1 atom stereocenters. The Morgan fingerprint density at radius 1 is 1.22 bits per heavy atom. The lowest BCUT2D eigenvalue weighted by molar-refractivity contribution is -0.147. The Morgan fingerprint density at radius 3 is 2.67 bits per heavy atom. The second-order valence-electron chi connectivity index (χ2n) is 6.49. The number of fused-ring (bicyclic) bond motifs is 1. The van der Waals surface area contributed by atoms with E-state index >= 15 is 0 Å². The molecule has 2 heterocycles. The van der Waals surface area contributed by atoms with E-state index in [2.05, 4.69) is 21.7 Å². The number of hydrogen-bond donors (Lipinski definition) is 2. The van der Waals surface area contributed by atoms with Gasteiger partial charge >= 0.3 is 0 Å². The summed E-state index contributed by atoms with van der Waals surface area (Å²) in [5.41, 5.74) is 1.22. The van der Waals surface area contributed by atoms with E-state index in [0.29, 0.717) is 44.9 Å². The molecule has 0 spiro atoms. The topological polar surface area (TPSA) is 83.0 Å². The van der Waals surface area contributed by atoms with Gasteiger partial charge in [0, 0.05) is 38.9 Å². The van der Waals surface area contributed by atoms with Gasteiger partial charge in [-0.1, -0.05) is 18.2 Å². The van der Waals surface area contributed by atoms with Crippen LogP contribution in [0.5, 0.6) is 5.75 Å². The lowest BCUT2D eigenvalue weighted by Crippen LogP contribution is -2.46. The van der Waals surface area contributed by atoms with Gasteiger partial charge in [-0.05, 0) is 25.0 Å². The smallest absolute Gasteiger partial charge is 0.229 e. The maximum Gasteiger partial charge on any atom is 0.229 e. The summed E-state index contributed by atoms with van der Waals surface area (Å²) in [4.78, 5) is 29.6. The molecule has 3 rings (SSSR count). The van der Waals surface area contributed by atoms with E-state index in [-0.39, 0.29) is 41.9 Å². The third kappa shape index (κ3) is 5.82. The second kappa shape index (κ2) is 10.5. The Morgan fingerprint density at radius 2 is 1.96 bits per heavy atom. The van der Waals surface area contributed by atoms with Gasteiger partial charge in [0.15, 0.2) is 5.96 Å². The summed E-state index contributed by atoms with van der Waals surface area (Å²) in [5.74, 6) is 1.45. The molecule has 2 aliphatic rings. The van der Waals surface area contributed by atoms with Gasteiger partial charge in [-0.3, -0.25) is 14.5 Å². The van der Waals surface area contributed by atoms with Crippen molar-refractivity contribution in [3.05, 3.63) is 29.8 Å². The predicted octanol–water partition coefficient (Wildman–Crippen LogP) is 1.70. The highest BCUT2D eigenvalue weighted by Gasteiger charge is 2.25. The Kier molecular flexibility index (Phi) is 8.33.